The Morgan fingerprint density at radius 2 is 0.683 bits per heavy atom. The highest BCUT2D eigenvalue weighted by Crippen LogP contribution is 2.42. The number of likely N-dealkylation sites (N-methyl/N-ethyl adjacent to an activating group) is 2. The van der Waals surface area contributed by atoms with E-state index < -0.39 is 112 Å². The van der Waals surface area contributed by atoms with Crippen LogP contribution in [0, 0.1) is 40.5 Å². The lowest BCUT2D eigenvalue weighted by molar-refractivity contribution is -0.386. The number of esters is 3. The fourth-order valence-electron chi connectivity index (χ4n) is 10.5. The Labute approximate surface area is 693 Å². The molecule has 49 heteroatoms. The summed E-state index contributed by atoms with van der Waals surface area (Å²) in [5, 5.41) is 111. The number of unbranched alkanes of at least 4 members (excludes halogenated alkanes) is 2. The number of nitrogens with one attached hydrogen (secondary N) is 4. The topological polar surface area (TPSA) is 681 Å². The summed E-state index contributed by atoms with van der Waals surface area (Å²) in [6, 6.07) is 7.14. The number of nitrogens with two attached hydrogens (primary N) is 1. The lowest BCUT2D eigenvalue weighted by Gasteiger charge is -2.21. The predicted molar refractivity (Wildman–Crippen MR) is 438 cm³/mol. The Morgan fingerprint density at radius 1 is 0.433 bits per heavy atom. The molecule has 0 spiro atoms. The number of benzene rings is 4. The number of methoxy groups -OCH3 is 8. The van der Waals surface area contributed by atoms with Gasteiger partial charge in [-0.25, -0.2) is 0 Å². The number of carbonyl (C=O) groups is 5. The van der Waals surface area contributed by atoms with Crippen LogP contribution in [0.15, 0.2) is 63.9 Å². The van der Waals surface area contributed by atoms with Crippen LogP contribution in [0.2, 0.25) is 13.6 Å². The molecule has 0 radical (unpaired) electrons. The zero-order valence-corrected chi connectivity index (χ0v) is 70.5. The lowest BCUT2D eigenvalue weighted by Crippen LogP contribution is -2.45. The summed E-state index contributed by atoms with van der Waals surface area (Å²) in [6.45, 7) is 13.7. The summed E-state index contributed by atoms with van der Waals surface area (Å²) in [4.78, 5) is 108. The van der Waals surface area contributed by atoms with Gasteiger partial charge in [-0.2, -0.15) is 0 Å². The summed E-state index contributed by atoms with van der Waals surface area (Å²) in [5.74, 6) is -1.54. The summed E-state index contributed by atoms with van der Waals surface area (Å²) in [7, 11) is 12.7. The summed E-state index contributed by atoms with van der Waals surface area (Å²) >= 11 is 0. The number of nitro groups is 4. The summed E-state index contributed by atoms with van der Waals surface area (Å²) in [5.41, 5.74) is 30.0. The Bertz CT molecular complexity index is 4040. The van der Waals surface area contributed by atoms with Gasteiger partial charge in [0.05, 0.1) is 141 Å². The second kappa shape index (κ2) is 61.3. The first-order valence-corrected chi connectivity index (χ1v) is 37.2. The van der Waals surface area contributed by atoms with Crippen molar-refractivity contribution in [1.29, 1.82) is 0 Å². The number of hydrogen-bond acceptors (Lipinski definition) is 35. The minimum absolute atomic E-state index is 0.130. The third kappa shape index (κ3) is 40.4. The van der Waals surface area contributed by atoms with Crippen LogP contribution >= 0.6 is 0 Å². The molecule has 0 saturated heterocycles. The van der Waals surface area contributed by atoms with Crippen molar-refractivity contribution in [3.63, 3.8) is 0 Å². The number of nitrogens with zero attached hydrogens (tertiary/aromatic N) is 13. The van der Waals surface area contributed by atoms with E-state index in [2.05, 4.69) is 58.1 Å². The first kappa shape index (κ1) is 110. The van der Waals surface area contributed by atoms with Crippen LogP contribution in [0.5, 0.6) is 46.0 Å². The van der Waals surface area contributed by atoms with E-state index >= 15 is 0 Å². The van der Waals surface area contributed by atoms with Gasteiger partial charge in [0.25, 0.3) is 22.7 Å². The van der Waals surface area contributed by atoms with Gasteiger partial charge in [-0.1, -0.05) is 54.9 Å². The number of rotatable bonds is 48. The molecule has 0 fully saturated rings. The molecular weight excluding hydrogens is 1590 g/mol. The summed E-state index contributed by atoms with van der Waals surface area (Å²) in [6.07, 6.45) is 3.68. The van der Waals surface area contributed by atoms with Crippen LogP contribution in [0.1, 0.15) is 165 Å². The average molecular weight is 1700 g/mol. The minimum Gasteiger partial charge on any atom is -0.493 e. The number of aliphatic carboxylic acids is 2. The van der Waals surface area contributed by atoms with E-state index in [1.54, 1.807) is 21.0 Å². The molecule has 4 aromatic carbocycles. The molecule has 0 bridgehead atoms. The standard InChI is InChI=1S/C17H26N2O6.C16H24BN5O7.C15H21N5O6.C10H13NO5.C7H15NO2.C6H13BN4O3/c1-6-7-8-13(18-3)17(20)25-11(2)12-9-15(23-4)16(24-5)10-14(12)19(21)22;1-10(11-8-14(27-3)15(28-4)9-13(11)22(25)26)29-16(23)12(20-17(2)24)6-5-7-19-21-18;1-9(26-15(21)11(16)5-4-6-18-19-17)10-7-13(24-2)14(25-3)8-12(10)20(22)23;1-6(12)7-4-9(15-2)10(16-3)5-8(7)11(13)14;1-3-4-5-6(8-2)7(9)10;1-7(14)10-5(6(12)13)3-2-4-9-11-8/h9-11,13,18H,6-8H2,1-5H3;8-10,12,20,24H,5-7H2,1-4H3;7-9,11H,4-6,16H2,1-3H3;4-6,12H,1-3H3;6,8H,3-5H2,1-2H3,(H,9,10);5,10,14H,2-4H2,1H3,(H,12,13). The van der Waals surface area contributed by atoms with Gasteiger partial charge in [-0.05, 0) is 148 Å². The largest absolute Gasteiger partial charge is 0.493 e. The SMILES string of the molecule is CB(O)NC(CCCN=[N+]=[N-])C(=O)O.CCCCC(NC)C(=O)O.CCCCC(NC)C(=O)OC(C)c1cc(OC)c(OC)cc1[N+](=O)[O-].COc1cc(C(C)O)c([N+](=O)[O-])cc1OC.COc1cc(C(C)OC(=O)C(CCCN=[N+]=[N-])NB(C)O)c([N+](=O)[O-])cc1OC.COc1cc(C(C)OC(=O)C(N)CCCN=[N+]=[N-])c([N+](=O)[O-])cc1OC. The summed E-state index contributed by atoms with van der Waals surface area (Å²) < 4.78 is 56.8. The number of aliphatic hydroxyl groups is 1. The Morgan fingerprint density at radius 3 is 0.950 bits per heavy atom. The van der Waals surface area contributed by atoms with Crippen LogP contribution in [-0.4, -0.2) is 210 Å². The van der Waals surface area contributed by atoms with E-state index in [1.165, 1.54) is 140 Å². The quantitative estimate of drug-likeness (QED) is 0.00226. The van der Waals surface area contributed by atoms with Crippen molar-refractivity contribution < 1.29 is 121 Å². The lowest BCUT2D eigenvalue weighted by atomic mass is 9.86. The fraction of sp³-hybridized carbons (Fsp3) is 0.592. The average Bonchev–Trinajstić information content (AvgIpc) is 0.816. The third-order valence-corrected chi connectivity index (χ3v) is 16.8. The molecule has 0 amide bonds. The molecule has 9 unspecified atom stereocenters. The number of nitro benzene ring substituents is 4. The van der Waals surface area contributed by atoms with Gasteiger partial charge in [-0.3, -0.25) is 64.4 Å². The molecule has 0 aliphatic carbocycles. The normalized spacial score (nSPS) is 12.4. The van der Waals surface area contributed by atoms with Crippen LogP contribution < -0.4 is 64.7 Å². The van der Waals surface area contributed by atoms with Gasteiger partial charge in [0.2, 0.25) is 0 Å². The Balaban J connectivity index is 0. The molecular formula is C71H112B2N18O29. The van der Waals surface area contributed by atoms with E-state index in [4.69, 9.17) is 89.7 Å². The highest BCUT2D eigenvalue weighted by Gasteiger charge is 2.33. The zero-order chi connectivity index (χ0) is 91.9. The molecule has 0 saturated carbocycles. The van der Waals surface area contributed by atoms with Crippen LogP contribution in [-0.2, 0) is 38.2 Å². The molecule has 0 aromatic heterocycles. The van der Waals surface area contributed by atoms with Crippen molar-refractivity contribution in [2.24, 2.45) is 21.1 Å². The Kier molecular flexibility index (Phi) is 56.2. The van der Waals surface area contributed by atoms with E-state index in [1.807, 2.05) is 6.92 Å². The first-order chi connectivity index (χ1) is 56.8. The molecule has 47 nitrogen and oxygen atoms in total. The molecule has 4 aromatic rings. The van der Waals surface area contributed by atoms with E-state index in [-0.39, 0.29) is 118 Å². The first-order valence-electron chi connectivity index (χ1n) is 37.2. The molecule has 0 aliphatic rings. The van der Waals surface area contributed by atoms with Crippen molar-refractivity contribution >= 4 is 66.7 Å². The van der Waals surface area contributed by atoms with Gasteiger partial charge in [-0.15, -0.1) is 0 Å². The number of azide groups is 3. The Hall–Kier alpha value is -12.0. The van der Waals surface area contributed by atoms with Gasteiger partial charge in [0, 0.05) is 34.4 Å². The van der Waals surface area contributed by atoms with Gasteiger partial charge in [0.1, 0.15) is 36.4 Å². The molecule has 666 valence electrons. The number of carboxylic acid groups (broad SMARTS) is 2. The van der Waals surface area contributed by atoms with Gasteiger partial charge < -0.3 is 104 Å². The van der Waals surface area contributed by atoms with Crippen molar-refractivity contribution in [3.05, 3.63) is 143 Å². The molecule has 4 rings (SSSR count). The molecule has 9 atom stereocenters. The van der Waals surface area contributed by atoms with Crippen molar-refractivity contribution in [3.8, 4) is 46.0 Å². The molecule has 0 heterocycles. The van der Waals surface area contributed by atoms with Gasteiger partial charge in [0.15, 0.2) is 46.0 Å². The number of ether oxygens (including phenoxy) is 11. The molecule has 11 N–H and O–H groups in total. The number of carbonyl (C=O) groups excluding carboxylic acids is 3. The maximum absolute atomic E-state index is 12.6. The number of hydrogen-bond donors (Lipinski definition) is 10. The fourth-order valence-corrected chi connectivity index (χ4v) is 10.5. The maximum Gasteiger partial charge on any atom is 0.374 e. The second-order valence-electron chi connectivity index (χ2n) is 25.3. The second-order valence-corrected chi connectivity index (χ2v) is 25.3. The van der Waals surface area contributed by atoms with Crippen molar-refractivity contribution in [1.82, 2.24) is 21.1 Å². The number of aliphatic hydroxyl groups excluding tert-OH is 1. The van der Waals surface area contributed by atoms with Crippen LogP contribution in [0.4, 0.5) is 22.7 Å². The van der Waals surface area contributed by atoms with Crippen molar-refractivity contribution in [2.75, 3.05) is 90.6 Å². The van der Waals surface area contributed by atoms with Crippen molar-refractivity contribution in [2.45, 2.75) is 187 Å². The predicted octanol–water partition coefficient (Wildman–Crippen LogP) is 10.7. The smallest absolute Gasteiger partial charge is 0.374 e. The molecule has 120 heavy (non-hydrogen) atoms. The monoisotopic (exact) mass is 1700 g/mol. The van der Waals surface area contributed by atoms with Crippen LogP contribution in [0.3, 0.4) is 0 Å². The highest BCUT2D eigenvalue weighted by atomic mass is 16.6. The van der Waals surface area contributed by atoms with Gasteiger partial charge >= 0.3 is 43.9 Å². The zero-order valence-electron chi connectivity index (χ0n) is 70.5. The third-order valence-electron chi connectivity index (χ3n) is 16.8. The number of carboxylic acids is 2. The van der Waals surface area contributed by atoms with E-state index in [9.17, 15) is 74.6 Å². The van der Waals surface area contributed by atoms with E-state index in [0.29, 0.717) is 43.6 Å². The maximum atomic E-state index is 12.6. The minimum atomic E-state index is -1.02. The van der Waals surface area contributed by atoms with Crippen LogP contribution in [0.25, 0.3) is 31.3 Å². The highest BCUT2D eigenvalue weighted by molar-refractivity contribution is 6.46. The molecule has 0 aliphatic heterocycles. The van der Waals surface area contributed by atoms with E-state index in [0.717, 1.165) is 32.1 Å².